The van der Waals surface area contributed by atoms with Gasteiger partial charge in [0.25, 0.3) is 11.8 Å². The molecule has 8 nitrogen and oxygen atoms in total. The third-order valence-electron chi connectivity index (χ3n) is 5.04. The van der Waals surface area contributed by atoms with E-state index in [0.717, 1.165) is 4.90 Å². The molecular formula is C21H17N3O5. The maximum Gasteiger partial charge on any atom is 0.264 e. The number of hydrogen-bond acceptors (Lipinski definition) is 6. The Morgan fingerprint density at radius 1 is 1.03 bits per heavy atom. The van der Waals surface area contributed by atoms with Crippen LogP contribution in [-0.2, 0) is 9.59 Å². The molecule has 1 fully saturated rings. The molecule has 0 radical (unpaired) electrons. The van der Waals surface area contributed by atoms with Gasteiger partial charge in [-0.1, -0.05) is 6.07 Å². The lowest BCUT2D eigenvalue weighted by atomic mass is 10.0. The van der Waals surface area contributed by atoms with Crippen molar-refractivity contribution in [3.8, 4) is 0 Å². The first-order chi connectivity index (χ1) is 13.9. The first-order valence-corrected chi connectivity index (χ1v) is 9.09. The van der Waals surface area contributed by atoms with Crippen LogP contribution in [0.1, 0.15) is 50.8 Å². The van der Waals surface area contributed by atoms with Gasteiger partial charge in [-0.2, -0.15) is 0 Å². The van der Waals surface area contributed by atoms with Crippen LogP contribution in [0.2, 0.25) is 0 Å². The third-order valence-corrected chi connectivity index (χ3v) is 5.04. The molecule has 2 aromatic carbocycles. The molecule has 8 heteroatoms. The molecule has 4 amide bonds. The van der Waals surface area contributed by atoms with Crippen molar-refractivity contribution in [3.63, 3.8) is 0 Å². The first-order valence-electron chi connectivity index (χ1n) is 9.09. The highest BCUT2D eigenvalue weighted by atomic mass is 16.2. The number of nitrogens with one attached hydrogen (secondary N) is 2. The molecule has 1 unspecified atom stereocenters. The number of carbonyl (C=O) groups excluding carboxylic acids is 5. The van der Waals surface area contributed by atoms with Crippen LogP contribution in [0.3, 0.4) is 0 Å². The highest BCUT2D eigenvalue weighted by molar-refractivity contribution is 6.25. The number of hydrogen-bond donors (Lipinski definition) is 2. The zero-order valence-corrected chi connectivity index (χ0v) is 15.5. The van der Waals surface area contributed by atoms with E-state index in [4.69, 9.17) is 0 Å². The largest absolute Gasteiger partial charge is 0.355 e. The van der Waals surface area contributed by atoms with Gasteiger partial charge in [0.1, 0.15) is 6.04 Å². The SMILES string of the molecule is CC(=O)c1ccc(Nc2cccc3c2C(=O)N(C2CCC(=O)NC2=O)C3=O)cc1. The number of carbonyl (C=O) groups is 5. The van der Waals surface area contributed by atoms with Crippen LogP contribution in [0, 0.1) is 0 Å². The highest BCUT2D eigenvalue weighted by Crippen LogP contribution is 2.33. The Labute approximate surface area is 165 Å². The second kappa shape index (κ2) is 6.97. The number of anilines is 2. The van der Waals surface area contributed by atoms with Crippen LogP contribution in [0.15, 0.2) is 42.5 Å². The highest BCUT2D eigenvalue weighted by Gasteiger charge is 2.45. The topological polar surface area (TPSA) is 113 Å². The predicted molar refractivity (Wildman–Crippen MR) is 103 cm³/mol. The van der Waals surface area contributed by atoms with Crippen molar-refractivity contribution in [3.05, 3.63) is 59.2 Å². The number of nitrogens with zero attached hydrogens (tertiary/aromatic N) is 1. The predicted octanol–water partition coefficient (Wildman–Crippen LogP) is 2.03. The molecule has 2 N–H and O–H groups in total. The van der Waals surface area contributed by atoms with E-state index in [0.29, 0.717) is 16.9 Å². The Bertz CT molecular complexity index is 1070. The summed E-state index contributed by atoms with van der Waals surface area (Å²) in [4.78, 5) is 61.8. The summed E-state index contributed by atoms with van der Waals surface area (Å²) >= 11 is 0. The molecule has 1 saturated heterocycles. The van der Waals surface area contributed by atoms with Gasteiger partial charge in [-0.15, -0.1) is 0 Å². The molecule has 1 atom stereocenters. The van der Waals surface area contributed by atoms with Crippen LogP contribution in [0.25, 0.3) is 0 Å². The van der Waals surface area contributed by atoms with Crippen LogP contribution in [0.4, 0.5) is 11.4 Å². The van der Waals surface area contributed by atoms with Gasteiger partial charge in [0.2, 0.25) is 11.8 Å². The molecule has 0 aromatic heterocycles. The Morgan fingerprint density at radius 2 is 1.76 bits per heavy atom. The lowest BCUT2D eigenvalue weighted by molar-refractivity contribution is -0.136. The molecular weight excluding hydrogens is 374 g/mol. The minimum absolute atomic E-state index is 0.0576. The number of Topliss-reactive ketones (excluding diaryl/α,β-unsaturated/α-hetero) is 1. The average molecular weight is 391 g/mol. The number of fused-ring (bicyclic) bond motifs is 1. The third kappa shape index (κ3) is 3.18. The van der Waals surface area contributed by atoms with Crippen molar-refractivity contribution in [2.24, 2.45) is 0 Å². The van der Waals surface area contributed by atoms with Crippen molar-refractivity contribution in [2.75, 3.05) is 5.32 Å². The Hall–Kier alpha value is -3.81. The van der Waals surface area contributed by atoms with Gasteiger partial charge in [-0.25, -0.2) is 0 Å². The monoisotopic (exact) mass is 391 g/mol. The fourth-order valence-corrected chi connectivity index (χ4v) is 3.56. The Kier molecular flexibility index (Phi) is 4.46. The van der Waals surface area contributed by atoms with Gasteiger partial charge in [0, 0.05) is 17.7 Å². The lowest BCUT2D eigenvalue weighted by Gasteiger charge is -2.27. The molecule has 2 aliphatic rings. The summed E-state index contributed by atoms with van der Waals surface area (Å²) in [6, 6.07) is 10.6. The smallest absolute Gasteiger partial charge is 0.264 e. The number of amides is 4. The minimum atomic E-state index is -1.01. The van der Waals surface area contributed by atoms with Gasteiger partial charge in [-0.05, 0) is 49.7 Å². The summed E-state index contributed by atoms with van der Waals surface area (Å²) in [5.74, 6) is -2.26. The quantitative estimate of drug-likeness (QED) is 0.609. The summed E-state index contributed by atoms with van der Waals surface area (Å²) in [5, 5.41) is 5.27. The van der Waals surface area contributed by atoms with Gasteiger partial charge < -0.3 is 5.32 Å². The average Bonchev–Trinajstić information content (AvgIpc) is 2.94. The summed E-state index contributed by atoms with van der Waals surface area (Å²) in [6.45, 7) is 1.47. The zero-order chi connectivity index (χ0) is 20.7. The number of ketones is 1. The molecule has 29 heavy (non-hydrogen) atoms. The standard InChI is InChI=1S/C21H17N3O5/c1-11(25)12-5-7-13(8-6-12)22-15-4-2-3-14-18(15)21(29)24(20(14)28)16-9-10-17(26)23-19(16)27/h2-8,16,22H,9-10H2,1H3,(H,23,26,27). The Balaban J connectivity index is 1.65. The zero-order valence-electron chi connectivity index (χ0n) is 15.5. The van der Waals surface area contributed by atoms with E-state index < -0.39 is 29.7 Å². The van der Waals surface area contributed by atoms with E-state index >= 15 is 0 Å². The van der Waals surface area contributed by atoms with Crippen molar-refractivity contribution in [1.82, 2.24) is 10.2 Å². The van der Waals surface area contributed by atoms with Crippen LogP contribution in [-0.4, -0.2) is 40.4 Å². The maximum absolute atomic E-state index is 13.0. The first kappa shape index (κ1) is 18.5. The second-order valence-corrected chi connectivity index (χ2v) is 6.93. The van der Waals surface area contributed by atoms with Gasteiger partial charge in [-0.3, -0.25) is 34.2 Å². The van der Waals surface area contributed by atoms with E-state index in [1.807, 2.05) is 0 Å². The van der Waals surface area contributed by atoms with E-state index in [1.54, 1.807) is 36.4 Å². The van der Waals surface area contributed by atoms with E-state index in [-0.39, 0.29) is 29.8 Å². The number of benzene rings is 2. The van der Waals surface area contributed by atoms with Crippen molar-refractivity contribution in [2.45, 2.75) is 25.8 Å². The van der Waals surface area contributed by atoms with Crippen molar-refractivity contribution in [1.29, 1.82) is 0 Å². The summed E-state index contributed by atoms with van der Waals surface area (Å²) in [7, 11) is 0. The number of piperidine rings is 1. The number of imide groups is 2. The fraction of sp³-hybridized carbons (Fsp3) is 0.190. The van der Waals surface area contributed by atoms with E-state index in [9.17, 15) is 24.0 Å². The number of rotatable bonds is 4. The molecule has 4 rings (SSSR count). The molecule has 146 valence electrons. The molecule has 0 spiro atoms. The van der Waals surface area contributed by atoms with Crippen molar-refractivity contribution >= 4 is 40.8 Å². The molecule has 0 aliphatic carbocycles. The van der Waals surface area contributed by atoms with Crippen LogP contribution < -0.4 is 10.6 Å². The summed E-state index contributed by atoms with van der Waals surface area (Å²) in [5.41, 5.74) is 2.00. The van der Waals surface area contributed by atoms with E-state index in [2.05, 4.69) is 10.6 Å². The summed E-state index contributed by atoms with van der Waals surface area (Å²) in [6.07, 6.45) is 0.169. The minimum Gasteiger partial charge on any atom is -0.355 e. The molecule has 0 saturated carbocycles. The van der Waals surface area contributed by atoms with Crippen LogP contribution >= 0.6 is 0 Å². The molecule has 2 aromatic rings. The lowest BCUT2D eigenvalue weighted by Crippen LogP contribution is -2.54. The van der Waals surface area contributed by atoms with Gasteiger partial charge >= 0.3 is 0 Å². The molecule has 2 heterocycles. The summed E-state index contributed by atoms with van der Waals surface area (Å²) < 4.78 is 0. The molecule has 0 bridgehead atoms. The van der Waals surface area contributed by atoms with Crippen LogP contribution in [0.5, 0.6) is 0 Å². The van der Waals surface area contributed by atoms with Crippen molar-refractivity contribution < 1.29 is 24.0 Å². The normalized spacial score (nSPS) is 18.5. The maximum atomic E-state index is 13.0. The fourth-order valence-electron chi connectivity index (χ4n) is 3.56. The Morgan fingerprint density at radius 3 is 2.41 bits per heavy atom. The second-order valence-electron chi connectivity index (χ2n) is 6.93. The van der Waals surface area contributed by atoms with E-state index in [1.165, 1.54) is 13.0 Å². The van der Waals surface area contributed by atoms with Gasteiger partial charge in [0.15, 0.2) is 5.78 Å². The molecule has 2 aliphatic heterocycles. The van der Waals surface area contributed by atoms with Gasteiger partial charge in [0.05, 0.1) is 16.8 Å².